The third kappa shape index (κ3) is 5.62. The maximum atomic E-state index is 6.26. The van der Waals surface area contributed by atoms with Gasteiger partial charge in [0.15, 0.2) is 0 Å². The van der Waals surface area contributed by atoms with E-state index in [0.29, 0.717) is 39.6 Å². The van der Waals surface area contributed by atoms with E-state index in [0.717, 1.165) is 11.1 Å². The zero-order chi connectivity index (χ0) is 30.0. The normalized spacial score (nSPS) is 22.4. The van der Waals surface area contributed by atoms with Crippen molar-refractivity contribution in [3.8, 4) is 0 Å². The van der Waals surface area contributed by atoms with Gasteiger partial charge in [-0.15, -0.1) is 0 Å². The molecule has 2 unspecified atom stereocenters. The van der Waals surface area contributed by atoms with Crippen LogP contribution in [0, 0.1) is 0 Å². The van der Waals surface area contributed by atoms with Gasteiger partial charge in [-0.3, -0.25) is 0 Å². The largest absolute Gasteiger partial charge is 0.373 e. The van der Waals surface area contributed by atoms with E-state index in [9.17, 15) is 0 Å². The molecular weight excluding hydrogens is 544 g/mol. The number of benzene rings is 3. The molecule has 0 N–H and O–H groups in total. The molecule has 0 saturated carbocycles. The van der Waals surface area contributed by atoms with Gasteiger partial charge in [0.05, 0.1) is 26.4 Å². The van der Waals surface area contributed by atoms with Crippen molar-refractivity contribution < 1.29 is 18.9 Å². The van der Waals surface area contributed by atoms with Crippen LogP contribution in [0.25, 0.3) is 23.3 Å². The van der Waals surface area contributed by atoms with Crippen molar-refractivity contribution in [3.63, 3.8) is 0 Å². The standard InChI is InChI=1S/C40H38O4/c1-3-43-39(19-17-33-21-31-9-5-7-11-35(31)37(33)23-39)27-41-25-29-13-15-30(16-14-29)26-42-28-40(44-4-2)20-18-34-22-32-10-6-8-12-36(32)38(34)24-40/h5-24H,3-4,25-28H2,1-2H3. The van der Waals surface area contributed by atoms with Crippen molar-refractivity contribution in [1.82, 2.24) is 0 Å². The molecule has 0 heterocycles. The lowest BCUT2D eigenvalue weighted by Gasteiger charge is -2.31. The van der Waals surface area contributed by atoms with Crippen LogP contribution in [0.3, 0.4) is 0 Å². The van der Waals surface area contributed by atoms with Crippen LogP contribution in [0.4, 0.5) is 0 Å². The molecular formula is C40H38O4. The van der Waals surface area contributed by atoms with E-state index in [4.69, 9.17) is 18.9 Å². The fraction of sp³-hybridized carbons (Fsp3) is 0.250. The third-order valence-electron chi connectivity index (χ3n) is 8.66. The molecule has 3 aromatic rings. The van der Waals surface area contributed by atoms with Crippen molar-refractivity contribution in [1.29, 1.82) is 0 Å². The first-order chi connectivity index (χ1) is 21.6. The number of allylic oxidation sites excluding steroid dienone is 6. The first-order valence-corrected chi connectivity index (χ1v) is 15.6. The van der Waals surface area contributed by atoms with Crippen molar-refractivity contribution >= 4 is 23.3 Å². The van der Waals surface area contributed by atoms with Crippen LogP contribution in [0.1, 0.15) is 47.2 Å². The molecule has 0 amide bonds. The van der Waals surface area contributed by atoms with Crippen molar-refractivity contribution in [3.05, 3.63) is 154 Å². The monoisotopic (exact) mass is 582 g/mol. The summed E-state index contributed by atoms with van der Waals surface area (Å²) < 4.78 is 25.0. The Morgan fingerprint density at radius 1 is 0.545 bits per heavy atom. The van der Waals surface area contributed by atoms with Gasteiger partial charge in [-0.05, 0) is 106 Å². The molecule has 4 aliphatic rings. The Bertz CT molecular complexity index is 1610. The molecule has 0 radical (unpaired) electrons. The number of ether oxygens (including phenoxy) is 4. The minimum Gasteiger partial charge on any atom is -0.373 e. The summed E-state index contributed by atoms with van der Waals surface area (Å²) in [5.74, 6) is 0. The number of hydrogen-bond acceptors (Lipinski definition) is 4. The van der Waals surface area contributed by atoms with E-state index in [2.05, 4.69) is 121 Å². The smallest absolute Gasteiger partial charge is 0.129 e. The van der Waals surface area contributed by atoms with Crippen LogP contribution in [0.5, 0.6) is 0 Å². The summed E-state index contributed by atoms with van der Waals surface area (Å²) in [7, 11) is 0. The Morgan fingerprint density at radius 2 is 0.977 bits per heavy atom. The van der Waals surface area contributed by atoms with E-state index >= 15 is 0 Å². The Hall–Kier alpha value is -4.06. The van der Waals surface area contributed by atoms with Crippen molar-refractivity contribution in [2.45, 2.75) is 38.3 Å². The maximum Gasteiger partial charge on any atom is 0.129 e. The fourth-order valence-corrected chi connectivity index (χ4v) is 6.55. The molecule has 0 spiro atoms. The molecule has 0 aliphatic heterocycles. The molecule has 0 fully saturated rings. The van der Waals surface area contributed by atoms with Crippen LogP contribution >= 0.6 is 0 Å². The highest BCUT2D eigenvalue weighted by atomic mass is 16.5. The average Bonchev–Trinajstić information content (AvgIpc) is 3.60. The topological polar surface area (TPSA) is 36.9 Å². The minimum absolute atomic E-state index is 0.449. The first kappa shape index (κ1) is 28.7. The molecule has 0 saturated heterocycles. The van der Waals surface area contributed by atoms with Crippen LogP contribution in [-0.4, -0.2) is 37.6 Å². The van der Waals surface area contributed by atoms with Gasteiger partial charge in [-0.1, -0.05) is 84.9 Å². The summed E-state index contributed by atoms with van der Waals surface area (Å²) in [4.78, 5) is 0. The minimum atomic E-state index is -0.580. The summed E-state index contributed by atoms with van der Waals surface area (Å²) in [5.41, 5.74) is 11.0. The van der Waals surface area contributed by atoms with Gasteiger partial charge in [0.2, 0.25) is 0 Å². The van der Waals surface area contributed by atoms with E-state index in [1.165, 1.54) is 44.5 Å². The van der Waals surface area contributed by atoms with Gasteiger partial charge < -0.3 is 18.9 Å². The zero-order valence-electron chi connectivity index (χ0n) is 25.4. The van der Waals surface area contributed by atoms with Gasteiger partial charge >= 0.3 is 0 Å². The zero-order valence-corrected chi connectivity index (χ0v) is 25.4. The van der Waals surface area contributed by atoms with Gasteiger partial charge in [0, 0.05) is 13.2 Å². The SMILES string of the molecule is CCOC1(COCc2ccc(COCC3(OCC)C=CC4=Cc5ccccc5C4=C3)cc2)C=CC2=Cc3ccccc3C2=C1. The van der Waals surface area contributed by atoms with Crippen molar-refractivity contribution in [2.24, 2.45) is 0 Å². The predicted octanol–water partition coefficient (Wildman–Crippen LogP) is 8.37. The second kappa shape index (κ2) is 12.1. The second-order valence-corrected chi connectivity index (χ2v) is 11.7. The van der Waals surface area contributed by atoms with Gasteiger partial charge in [-0.2, -0.15) is 0 Å². The lowest BCUT2D eigenvalue weighted by molar-refractivity contribution is -0.0389. The Kier molecular flexibility index (Phi) is 7.92. The van der Waals surface area contributed by atoms with Crippen LogP contribution in [0.2, 0.25) is 0 Å². The van der Waals surface area contributed by atoms with Gasteiger partial charge in [0.25, 0.3) is 0 Å². The molecule has 0 aromatic heterocycles. The number of hydrogen-bond donors (Lipinski definition) is 0. The molecule has 4 nitrogen and oxygen atoms in total. The highest BCUT2D eigenvalue weighted by Gasteiger charge is 2.34. The van der Waals surface area contributed by atoms with Crippen LogP contribution < -0.4 is 0 Å². The summed E-state index contributed by atoms with van der Waals surface area (Å²) in [6, 6.07) is 25.5. The number of rotatable bonds is 12. The maximum absolute atomic E-state index is 6.26. The second-order valence-electron chi connectivity index (χ2n) is 11.7. The highest BCUT2D eigenvalue weighted by molar-refractivity contribution is 5.99. The van der Waals surface area contributed by atoms with E-state index in [1.54, 1.807) is 0 Å². The van der Waals surface area contributed by atoms with E-state index < -0.39 is 11.2 Å². The quantitative estimate of drug-likeness (QED) is 0.215. The summed E-state index contributed by atoms with van der Waals surface area (Å²) in [6.07, 6.45) is 17.5. The Labute approximate surface area is 260 Å². The van der Waals surface area contributed by atoms with Crippen LogP contribution in [0.15, 0.2) is 120 Å². The lowest BCUT2D eigenvalue weighted by atomic mass is 9.89. The predicted molar refractivity (Wildman–Crippen MR) is 178 cm³/mol. The van der Waals surface area contributed by atoms with Crippen LogP contribution in [-0.2, 0) is 32.2 Å². The third-order valence-corrected chi connectivity index (χ3v) is 8.66. The number of fused-ring (bicyclic) bond motifs is 6. The van der Waals surface area contributed by atoms with E-state index in [-0.39, 0.29) is 0 Å². The molecule has 7 rings (SSSR count). The molecule has 0 bridgehead atoms. The van der Waals surface area contributed by atoms with Gasteiger partial charge in [0.1, 0.15) is 11.2 Å². The Morgan fingerprint density at radius 3 is 1.41 bits per heavy atom. The molecule has 44 heavy (non-hydrogen) atoms. The van der Waals surface area contributed by atoms with Gasteiger partial charge in [-0.25, -0.2) is 0 Å². The first-order valence-electron chi connectivity index (χ1n) is 15.6. The van der Waals surface area contributed by atoms with E-state index in [1.807, 2.05) is 13.8 Å². The lowest BCUT2D eigenvalue weighted by Crippen LogP contribution is -2.35. The average molecular weight is 583 g/mol. The molecule has 2 atom stereocenters. The summed E-state index contributed by atoms with van der Waals surface area (Å²) >= 11 is 0. The van der Waals surface area contributed by atoms with Crippen molar-refractivity contribution in [2.75, 3.05) is 26.4 Å². The Balaban J connectivity index is 0.955. The summed E-state index contributed by atoms with van der Waals surface area (Å²) in [6.45, 7) is 7.19. The molecule has 4 aliphatic carbocycles. The molecule has 4 heteroatoms. The fourth-order valence-electron chi connectivity index (χ4n) is 6.55. The molecule has 3 aromatic carbocycles. The highest BCUT2D eigenvalue weighted by Crippen LogP contribution is 2.42. The molecule has 222 valence electrons. The summed E-state index contributed by atoms with van der Waals surface area (Å²) in [5, 5.41) is 0.